The van der Waals surface area contributed by atoms with Gasteiger partial charge in [-0.15, -0.1) is 0 Å². The predicted octanol–water partition coefficient (Wildman–Crippen LogP) is 11.6. The summed E-state index contributed by atoms with van der Waals surface area (Å²) >= 11 is 0. The van der Waals surface area contributed by atoms with Gasteiger partial charge in [-0.3, -0.25) is 28.8 Å². The number of halogens is 3. The molecule has 1 heterocycles. The summed E-state index contributed by atoms with van der Waals surface area (Å²) in [5.74, 6) is -6.16. The molecule has 1 fully saturated rings. The number of alkyl halides is 3. The Morgan fingerprint density at radius 2 is 0.761 bits per heavy atom. The number of unbranched alkanes of at least 4 members (excludes halogenated alkanes) is 20. The fourth-order valence-corrected chi connectivity index (χ4v) is 7.62. The molecule has 0 aromatic heterocycles. The second-order valence-electron chi connectivity index (χ2n) is 18.9. The van der Waals surface area contributed by atoms with Crippen LogP contribution in [0.2, 0.25) is 0 Å². The van der Waals surface area contributed by atoms with Crippen molar-refractivity contribution in [2.24, 2.45) is 11.8 Å². The first-order chi connectivity index (χ1) is 34.0. The molecular formula is C53H92F3NO14. The summed E-state index contributed by atoms with van der Waals surface area (Å²) in [7, 11) is 0. The van der Waals surface area contributed by atoms with E-state index in [1.807, 2.05) is 0 Å². The van der Waals surface area contributed by atoms with E-state index in [1.165, 1.54) is 25.7 Å². The molecule has 0 spiro atoms. The van der Waals surface area contributed by atoms with Crippen molar-refractivity contribution in [3.63, 3.8) is 0 Å². The molecule has 0 aromatic carbocycles. The van der Waals surface area contributed by atoms with Crippen LogP contribution >= 0.6 is 0 Å². The van der Waals surface area contributed by atoms with Crippen LogP contribution < -0.4 is 5.32 Å². The summed E-state index contributed by atoms with van der Waals surface area (Å²) in [6.45, 7) is 8.87. The molecule has 0 aliphatic carbocycles. The number of esters is 6. The minimum Gasteiger partial charge on any atom is -0.475 e. The van der Waals surface area contributed by atoms with Crippen molar-refractivity contribution in [2.75, 3.05) is 39.6 Å². The van der Waals surface area contributed by atoms with Crippen LogP contribution in [-0.4, -0.2) is 105 Å². The first kappa shape index (κ1) is 67.0. The number of rotatable bonds is 43. The third-order valence-electron chi connectivity index (χ3n) is 11.9. The summed E-state index contributed by atoms with van der Waals surface area (Å²) in [6.07, 6.45) is 21.1. The fourth-order valence-electron chi connectivity index (χ4n) is 7.62. The fraction of sp³-hybridized carbons (Fsp3) is 0.868. The second-order valence-corrected chi connectivity index (χ2v) is 18.9. The zero-order chi connectivity index (χ0) is 53.0. The Bertz CT molecular complexity index is 1370. The van der Waals surface area contributed by atoms with E-state index in [-0.39, 0.29) is 75.8 Å². The van der Waals surface area contributed by atoms with Crippen LogP contribution in [0.4, 0.5) is 13.2 Å². The molecule has 0 radical (unpaired) electrons. The summed E-state index contributed by atoms with van der Waals surface area (Å²) in [5.41, 5.74) is 0. The van der Waals surface area contributed by atoms with Crippen molar-refractivity contribution in [1.29, 1.82) is 0 Å². The van der Waals surface area contributed by atoms with Crippen molar-refractivity contribution < 1.29 is 80.3 Å². The zero-order valence-electron chi connectivity index (χ0n) is 43.9. The minimum absolute atomic E-state index is 0.0426. The molecule has 18 heteroatoms. The summed E-state index contributed by atoms with van der Waals surface area (Å²) in [6, 6.07) is -0.257. The van der Waals surface area contributed by atoms with Crippen LogP contribution in [0.5, 0.6) is 0 Å². The van der Waals surface area contributed by atoms with Gasteiger partial charge >= 0.3 is 48.0 Å². The van der Waals surface area contributed by atoms with Crippen LogP contribution in [0.1, 0.15) is 227 Å². The summed E-state index contributed by atoms with van der Waals surface area (Å²) in [4.78, 5) is 85.1. The third-order valence-corrected chi connectivity index (χ3v) is 11.9. The van der Waals surface area contributed by atoms with Gasteiger partial charge in [0.15, 0.2) is 0 Å². The lowest BCUT2D eigenvalue weighted by molar-refractivity contribution is -0.192. The highest BCUT2D eigenvalue weighted by atomic mass is 19.4. The van der Waals surface area contributed by atoms with E-state index in [1.54, 1.807) is 0 Å². The van der Waals surface area contributed by atoms with Crippen LogP contribution in [-0.2, 0) is 62.0 Å². The number of carbonyl (C=O) groups excluding carboxylic acids is 6. The Labute approximate surface area is 422 Å². The number of carboxylic acids is 1. The Morgan fingerprint density at radius 1 is 0.465 bits per heavy atom. The lowest BCUT2D eigenvalue weighted by atomic mass is 10.1. The average molecular weight is 1020 g/mol. The Hall–Kier alpha value is -3.96. The van der Waals surface area contributed by atoms with Gasteiger partial charge in [0.25, 0.3) is 0 Å². The summed E-state index contributed by atoms with van der Waals surface area (Å²) < 4.78 is 65.2. The van der Waals surface area contributed by atoms with E-state index in [0.717, 1.165) is 128 Å². The van der Waals surface area contributed by atoms with Crippen molar-refractivity contribution >= 4 is 41.8 Å². The molecule has 0 amide bonds. The lowest BCUT2D eigenvalue weighted by Gasteiger charge is -2.19. The minimum atomic E-state index is -5.08. The standard InChI is InChI=1S/C51H91NO12.C2HF3O2/c1-5-9-13-17-21-25-29-46(53)59-37-42(38-60-47(54)30-26-22-18-14-10-6-2)33-50(57)63-41-44-35-45(36-52-44)64-51(58)34-43(39-61-48(55)31-27-23-19-15-11-7-3)40-62-49(56)32-28-24-20-16-12-8-4;3-2(4,5)1(6)7/h42-45,52H,5-41H2,1-4H3;(H,6,7)/t44-,45-;/m1./s1. The van der Waals surface area contributed by atoms with Crippen LogP contribution in [0.15, 0.2) is 0 Å². The highest BCUT2D eigenvalue weighted by Crippen LogP contribution is 2.18. The van der Waals surface area contributed by atoms with Gasteiger partial charge in [-0.1, -0.05) is 156 Å². The molecule has 0 unspecified atom stereocenters. The van der Waals surface area contributed by atoms with E-state index >= 15 is 0 Å². The lowest BCUT2D eigenvalue weighted by Crippen LogP contribution is -2.30. The van der Waals surface area contributed by atoms with Gasteiger partial charge in [0, 0.05) is 56.5 Å². The summed E-state index contributed by atoms with van der Waals surface area (Å²) in [5, 5.41) is 10.4. The molecule has 1 saturated heterocycles. The molecule has 2 N–H and O–H groups in total. The van der Waals surface area contributed by atoms with Crippen molar-refractivity contribution in [3.8, 4) is 0 Å². The average Bonchev–Trinajstić information content (AvgIpc) is 3.78. The Kier molecular flexibility index (Phi) is 42.2. The predicted molar refractivity (Wildman–Crippen MR) is 263 cm³/mol. The Morgan fingerprint density at radius 3 is 1.07 bits per heavy atom. The van der Waals surface area contributed by atoms with Gasteiger partial charge in [-0.05, 0) is 25.7 Å². The van der Waals surface area contributed by atoms with Crippen molar-refractivity contribution in [3.05, 3.63) is 0 Å². The maximum absolute atomic E-state index is 13.1. The molecule has 2 atom stereocenters. The van der Waals surface area contributed by atoms with Gasteiger partial charge in [0.1, 0.15) is 12.7 Å². The maximum atomic E-state index is 13.1. The van der Waals surface area contributed by atoms with E-state index in [0.29, 0.717) is 38.6 Å². The molecule has 414 valence electrons. The van der Waals surface area contributed by atoms with E-state index in [4.69, 9.17) is 38.3 Å². The molecule has 15 nitrogen and oxygen atoms in total. The molecule has 1 aliphatic rings. The quantitative estimate of drug-likeness (QED) is 0.0331. The van der Waals surface area contributed by atoms with Gasteiger partial charge in [0.05, 0.1) is 39.3 Å². The van der Waals surface area contributed by atoms with Crippen LogP contribution in [0, 0.1) is 11.8 Å². The molecule has 0 bridgehead atoms. The number of carboxylic acid groups (broad SMARTS) is 1. The highest BCUT2D eigenvalue weighted by molar-refractivity contribution is 5.73. The number of aliphatic carboxylic acids is 1. The maximum Gasteiger partial charge on any atom is 0.490 e. The van der Waals surface area contributed by atoms with Crippen LogP contribution in [0.25, 0.3) is 0 Å². The molecule has 0 aromatic rings. The number of hydrogen-bond acceptors (Lipinski definition) is 14. The van der Waals surface area contributed by atoms with Gasteiger partial charge in [-0.2, -0.15) is 13.2 Å². The monoisotopic (exact) mass is 1020 g/mol. The third kappa shape index (κ3) is 42.3. The van der Waals surface area contributed by atoms with Gasteiger partial charge < -0.3 is 38.8 Å². The van der Waals surface area contributed by atoms with Gasteiger partial charge in [-0.25, -0.2) is 4.79 Å². The highest BCUT2D eigenvalue weighted by Gasteiger charge is 2.38. The molecule has 1 aliphatic heterocycles. The Balaban J connectivity index is 0.00000647. The first-order valence-electron chi connectivity index (χ1n) is 27.0. The van der Waals surface area contributed by atoms with E-state index < -0.39 is 42.0 Å². The van der Waals surface area contributed by atoms with Crippen molar-refractivity contribution in [2.45, 2.75) is 245 Å². The van der Waals surface area contributed by atoms with Gasteiger partial charge in [0.2, 0.25) is 0 Å². The topological polar surface area (TPSA) is 207 Å². The number of hydrogen-bond donors (Lipinski definition) is 2. The van der Waals surface area contributed by atoms with Crippen molar-refractivity contribution in [1.82, 2.24) is 5.32 Å². The number of carbonyl (C=O) groups is 7. The normalized spacial score (nSPS) is 14.4. The largest absolute Gasteiger partial charge is 0.490 e. The SMILES string of the molecule is CCCCCCCCC(=O)OCC(COC(=O)CCCCCCCC)CC(=O)OC[C@H]1C[C@@H](OC(=O)CC(COC(=O)CCCCCCCC)COC(=O)CCCCCCCC)CN1.O=C(O)C(F)(F)F. The first-order valence-corrected chi connectivity index (χ1v) is 27.0. The van der Waals surface area contributed by atoms with E-state index in [9.17, 15) is 41.9 Å². The second kappa shape index (κ2) is 44.7. The number of ether oxygens (including phenoxy) is 6. The molecular weight excluding hydrogens is 932 g/mol. The molecule has 0 saturated carbocycles. The molecule has 1 rings (SSSR count). The smallest absolute Gasteiger partial charge is 0.475 e. The number of nitrogens with one attached hydrogen (secondary N) is 1. The van der Waals surface area contributed by atoms with E-state index in [2.05, 4.69) is 33.0 Å². The van der Waals surface area contributed by atoms with Crippen LogP contribution in [0.3, 0.4) is 0 Å². The molecule has 71 heavy (non-hydrogen) atoms. The zero-order valence-corrected chi connectivity index (χ0v) is 43.9.